The van der Waals surface area contributed by atoms with Crippen LogP contribution in [0.4, 0.5) is 10.5 Å². The largest absolute Gasteiger partial charge is 0.480 e. The molecule has 0 saturated heterocycles. The Balaban J connectivity index is 1.60. The average molecular weight is 390 g/mol. The van der Waals surface area contributed by atoms with Gasteiger partial charge >= 0.3 is 12.0 Å². The van der Waals surface area contributed by atoms with E-state index >= 15 is 0 Å². The van der Waals surface area contributed by atoms with Crippen molar-refractivity contribution in [3.8, 4) is 0 Å². The summed E-state index contributed by atoms with van der Waals surface area (Å²) >= 11 is 0. The van der Waals surface area contributed by atoms with Gasteiger partial charge in [0.15, 0.2) is 0 Å². The number of urea groups is 1. The summed E-state index contributed by atoms with van der Waals surface area (Å²) in [6, 6.07) is 17.8. The van der Waals surface area contributed by atoms with Crippen molar-refractivity contribution in [3.63, 3.8) is 0 Å². The summed E-state index contributed by atoms with van der Waals surface area (Å²) in [5.41, 5.74) is 3.44. The number of para-hydroxylation sites is 1. The number of imidazole rings is 1. The molecule has 148 valence electrons. The number of fused-ring (bicyclic) bond motifs is 1. The number of carbonyl (C=O) groups is 2. The van der Waals surface area contributed by atoms with Gasteiger partial charge in [-0.15, -0.1) is 0 Å². The van der Waals surface area contributed by atoms with E-state index in [1.807, 2.05) is 65.2 Å². The molecule has 29 heavy (non-hydrogen) atoms. The summed E-state index contributed by atoms with van der Waals surface area (Å²) < 4.78 is 1.98. The monoisotopic (exact) mass is 390 g/mol. The van der Waals surface area contributed by atoms with Crippen molar-refractivity contribution in [2.75, 3.05) is 11.9 Å². The average Bonchev–Trinajstić information content (AvgIpc) is 3.14. The van der Waals surface area contributed by atoms with Crippen LogP contribution in [0.2, 0.25) is 0 Å². The Labute approximate surface area is 168 Å². The number of carboxylic acid groups (broad SMARTS) is 1. The highest BCUT2D eigenvalue weighted by Crippen LogP contribution is 2.26. The van der Waals surface area contributed by atoms with E-state index in [-0.39, 0.29) is 19.0 Å². The zero-order valence-corrected chi connectivity index (χ0v) is 16.1. The molecular weight excluding hydrogens is 368 g/mol. The van der Waals surface area contributed by atoms with Gasteiger partial charge in [0.2, 0.25) is 0 Å². The van der Waals surface area contributed by atoms with Crippen LogP contribution in [0, 0.1) is 0 Å². The zero-order valence-electron chi connectivity index (χ0n) is 16.1. The molecule has 2 amide bonds. The Kier molecular flexibility index (Phi) is 5.03. The molecule has 0 unspecified atom stereocenters. The lowest BCUT2D eigenvalue weighted by Gasteiger charge is -2.35. The van der Waals surface area contributed by atoms with E-state index in [0.29, 0.717) is 12.2 Å². The van der Waals surface area contributed by atoms with Gasteiger partial charge in [0, 0.05) is 31.4 Å². The second-order valence-corrected chi connectivity index (χ2v) is 7.11. The molecule has 0 saturated carbocycles. The third kappa shape index (κ3) is 3.71. The molecule has 7 nitrogen and oxygen atoms in total. The van der Waals surface area contributed by atoms with Crippen molar-refractivity contribution in [2.45, 2.75) is 25.6 Å². The number of carboxylic acids is 1. The van der Waals surface area contributed by atoms with Crippen LogP contribution in [0.15, 0.2) is 67.0 Å². The first kappa shape index (κ1) is 18.7. The second kappa shape index (κ2) is 7.79. The fraction of sp³-hybridized carbons (Fsp3) is 0.227. The summed E-state index contributed by atoms with van der Waals surface area (Å²) in [6.45, 7) is 0.789. The Hall–Kier alpha value is -3.61. The van der Waals surface area contributed by atoms with Gasteiger partial charge in [-0.05, 0) is 17.7 Å². The molecule has 3 aromatic rings. The molecule has 0 fully saturated rings. The summed E-state index contributed by atoms with van der Waals surface area (Å²) in [5, 5.41) is 9.81. The van der Waals surface area contributed by atoms with Crippen LogP contribution < -0.4 is 4.90 Å². The molecule has 0 radical (unpaired) electrons. The highest BCUT2D eigenvalue weighted by Gasteiger charge is 2.38. The normalized spacial score (nSPS) is 15.6. The third-order valence-corrected chi connectivity index (χ3v) is 5.27. The molecular formula is C22H22N4O3. The predicted octanol–water partition coefficient (Wildman–Crippen LogP) is 3.00. The highest BCUT2D eigenvalue weighted by molar-refractivity contribution is 5.94. The van der Waals surface area contributed by atoms with E-state index in [1.165, 1.54) is 9.80 Å². The van der Waals surface area contributed by atoms with Crippen molar-refractivity contribution in [2.24, 2.45) is 0 Å². The molecule has 1 aliphatic rings. The molecule has 7 heteroatoms. The summed E-state index contributed by atoms with van der Waals surface area (Å²) in [7, 11) is 1.65. The van der Waals surface area contributed by atoms with E-state index in [0.717, 1.165) is 17.0 Å². The van der Waals surface area contributed by atoms with Crippen molar-refractivity contribution in [1.29, 1.82) is 0 Å². The van der Waals surface area contributed by atoms with Crippen LogP contribution in [0.1, 0.15) is 17.0 Å². The van der Waals surface area contributed by atoms with Crippen molar-refractivity contribution in [3.05, 3.63) is 83.9 Å². The molecule has 0 aliphatic carbocycles. The highest BCUT2D eigenvalue weighted by atomic mass is 16.4. The lowest BCUT2D eigenvalue weighted by atomic mass is 10.0. The predicted molar refractivity (Wildman–Crippen MR) is 109 cm³/mol. The van der Waals surface area contributed by atoms with Gasteiger partial charge in [-0.2, -0.15) is 0 Å². The third-order valence-electron chi connectivity index (χ3n) is 5.27. The van der Waals surface area contributed by atoms with Gasteiger partial charge in [0.25, 0.3) is 0 Å². The number of amides is 2. The molecule has 4 rings (SSSR count). The maximum absolute atomic E-state index is 13.1. The fourth-order valence-corrected chi connectivity index (χ4v) is 3.67. The number of nitrogens with zero attached hydrogens (tertiary/aromatic N) is 4. The summed E-state index contributed by atoms with van der Waals surface area (Å²) in [4.78, 5) is 32.4. The number of anilines is 1. The Morgan fingerprint density at radius 1 is 1.10 bits per heavy atom. The first-order chi connectivity index (χ1) is 14.0. The topological polar surface area (TPSA) is 78.7 Å². The van der Waals surface area contributed by atoms with Crippen molar-refractivity contribution in [1.82, 2.24) is 14.5 Å². The van der Waals surface area contributed by atoms with Crippen LogP contribution in [-0.2, 0) is 24.3 Å². The molecule has 2 heterocycles. The van der Waals surface area contributed by atoms with E-state index in [2.05, 4.69) is 4.98 Å². The van der Waals surface area contributed by atoms with E-state index in [1.54, 1.807) is 13.4 Å². The number of rotatable bonds is 4. The summed E-state index contributed by atoms with van der Waals surface area (Å²) in [5.74, 6) is -1.02. The first-order valence-corrected chi connectivity index (χ1v) is 9.43. The molecule has 1 atom stereocenters. The smallest absolute Gasteiger partial charge is 0.326 e. The van der Waals surface area contributed by atoms with Crippen molar-refractivity contribution >= 4 is 17.7 Å². The number of aliphatic carboxylic acids is 1. The lowest BCUT2D eigenvalue weighted by molar-refractivity contribution is -0.142. The van der Waals surface area contributed by atoms with Gasteiger partial charge in [-0.25, -0.2) is 14.6 Å². The molecule has 1 aliphatic heterocycles. The fourth-order valence-electron chi connectivity index (χ4n) is 3.67. The van der Waals surface area contributed by atoms with Crippen molar-refractivity contribution < 1.29 is 14.7 Å². The Bertz CT molecular complexity index is 1020. The van der Waals surface area contributed by atoms with Gasteiger partial charge in [-0.3, -0.25) is 4.90 Å². The number of hydrogen-bond acceptors (Lipinski definition) is 3. The van der Waals surface area contributed by atoms with Crippen LogP contribution in [0.25, 0.3) is 0 Å². The van der Waals surface area contributed by atoms with Gasteiger partial charge < -0.3 is 14.6 Å². The number of hydrogen-bond donors (Lipinski definition) is 1. The Morgan fingerprint density at radius 3 is 2.41 bits per heavy atom. The minimum atomic E-state index is -1.02. The molecule has 2 aromatic carbocycles. The SMILES string of the molecule is CN(C(=O)N1Cc2ncn(Cc3ccccc3)c2C[C@@H]1C(=O)O)c1ccccc1. The first-order valence-electron chi connectivity index (χ1n) is 9.43. The maximum Gasteiger partial charge on any atom is 0.326 e. The van der Waals surface area contributed by atoms with Crippen LogP contribution in [0.5, 0.6) is 0 Å². The Morgan fingerprint density at radius 2 is 1.76 bits per heavy atom. The molecule has 1 aromatic heterocycles. The van der Waals surface area contributed by atoms with Gasteiger partial charge in [0.1, 0.15) is 6.04 Å². The van der Waals surface area contributed by atoms with Crippen LogP contribution in [0.3, 0.4) is 0 Å². The molecule has 0 bridgehead atoms. The number of benzene rings is 2. The van der Waals surface area contributed by atoms with Crippen LogP contribution >= 0.6 is 0 Å². The maximum atomic E-state index is 13.1. The van der Waals surface area contributed by atoms with Gasteiger partial charge in [-0.1, -0.05) is 48.5 Å². The minimum absolute atomic E-state index is 0.171. The summed E-state index contributed by atoms with van der Waals surface area (Å²) in [6.07, 6.45) is 1.96. The lowest BCUT2D eigenvalue weighted by Crippen LogP contribution is -2.53. The van der Waals surface area contributed by atoms with E-state index in [9.17, 15) is 14.7 Å². The van der Waals surface area contributed by atoms with Crippen LogP contribution in [-0.4, -0.2) is 44.6 Å². The van der Waals surface area contributed by atoms with Gasteiger partial charge in [0.05, 0.1) is 18.6 Å². The minimum Gasteiger partial charge on any atom is -0.480 e. The molecule has 0 spiro atoms. The standard InChI is InChI=1S/C22H22N4O3/c1-24(17-10-6-3-7-11-17)22(29)26-14-18-19(12-20(26)21(27)28)25(15-23-18)13-16-8-4-2-5-9-16/h2-11,15,20H,12-14H2,1H3,(H,27,28)/t20-/m1/s1. The zero-order chi connectivity index (χ0) is 20.4. The van der Waals surface area contributed by atoms with E-state index < -0.39 is 12.0 Å². The quantitative estimate of drug-likeness (QED) is 0.743. The van der Waals surface area contributed by atoms with E-state index in [4.69, 9.17) is 0 Å². The second-order valence-electron chi connectivity index (χ2n) is 7.11. The number of aromatic nitrogens is 2. The molecule has 1 N–H and O–H groups in total. The number of carbonyl (C=O) groups excluding carboxylic acids is 1.